The summed E-state index contributed by atoms with van der Waals surface area (Å²) in [6, 6.07) is 27.9. The van der Waals surface area contributed by atoms with E-state index in [9.17, 15) is 13.5 Å². The molecule has 3 aromatic rings. The first-order valence-electron chi connectivity index (χ1n) is 18.0. The molecule has 1 N–H and O–H groups in total. The van der Waals surface area contributed by atoms with Crippen LogP contribution in [0.3, 0.4) is 0 Å². The molecule has 0 aliphatic carbocycles. The Balaban J connectivity index is 1.38. The maximum absolute atomic E-state index is 12.9. The Kier molecular flexibility index (Phi) is 15.0. The Bertz CT molecular complexity index is 1540. The van der Waals surface area contributed by atoms with Crippen molar-refractivity contribution in [2.24, 2.45) is 5.92 Å². The SMILES string of the molecule is CSCOC(C)(CCCC(C)CO[Si](c1ccccc1)(c1ccccc1)C(C)(C)C)C(O)CCC1(COS(=O)(=O)c2ccc(C)cc2)OCCO1. The van der Waals surface area contributed by atoms with Crippen molar-refractivity contribution in [3.05, 3.63) is 90.5 Å². The molecule has 11 heteroatoms. The van der Waals surface area contributed by atoms with Crippen molar-refractivity contribution in [1.29, 1.82) is 0 Å². The Hall–Kier alpha value is -2.06. The summed E-state index contributed by atoms with van der Waals surface area (Å²) in [5.41, 5.74) is 0.127. The number of aliphatic hydroxyl groups excluding tert-OH is 1. The molecule has 1 aliphatic heterocycles. The van der Waals surface area contributed by atoms with Gasteiger partial charge in [0.1, 0.15) is 6.61 Å². The average molecular weight is 759 g/mol. The van der Waals surface area contributed by atoms with Crippen molar-refractivity contribution in [1.82, 2.24) is 0 Å². The van der Waals surface area contributed by atoms with E-state index in [4.69, 9.17) is 22.8 Å². The zero-order chi connectivity index (χ0) is 37.2. The fraction of sp³-hybridized carbons (Fsp3) is 0.550. The fourth-order valence-electron chi connectivity index (χ4n) is 6.84. The van der Waals surface area contributed by atoms with Crippen LogP contribution in [0, 0.1) is 12.8 Å². The topological polar surface area (TPSA) is 101 Å². The van der Waals surface area contributed by atoms with E-state index in [1.165, 1.54) is 22.5 Å². The minimum absolute atomic E-state index is 0.0746. The number of aliphatic hydroxyl groups is 1. The molecule has 1 saturated heterocycles. The first-order valence-corrected chi connectivity index (χ1v) is 22.7. The summed E-state index contributed by atoms with van der Waals surface area (Å²) in [6.45, 7) is 13.9. The van der Waals surface area contributed by atoms with Gasteiger partial charge in [0.2, 0.25) is 0 Å². The van der Waals surface area contributed by atoms with Gasteiger partial charge >= 0.3 is 0 Å². The van der Waals surface area contributed by atoms with Gasteiger partial charge in [0.05, 0.1) is 35.8 Å². The molecule has 0 spiro atoms. The van der Waals surface area contributed by atoms with Crippen LogP contribution in [0.1, 0.15) is 72.3 Å². The first-order chi connectivity index (χ1) is 24.2. The minimum Gasteiger partial charge on any atom is -0.407 e. The molecule has 3 atom stereocenters. The molecule has 0 saturated carbocycles. The van der Waals surface area contributed by atoms with Gasteiger partial charge in [-0.3, -0.25) is 4.18 Å². The van der Waals surface area contributed by atoms with Crippen molar-refractivity contribution in [2.75, 3.05) is 38.6 Å². The molecular weight excluding hydrogens is 701 g/mol. The van der Waals surface area contributed by atoms with Crippen LogP contribution < -0.4 is 10.4 Å². The Morgan fingerprint density at radius 1 is 0.902 bits per heavy atom. The lowest BCUT2D eigenvalue weighted by Gasteiger charge is -2.43. The van der Waals surface area contributed by atoms with Crippen LogP contribution in [0.2, 0.25) is 5.04 Å². The maximum Gasteiger partial charge on any atom is 0.297 e. The monoisotopic (exact) mass is 758 g/mol. The van der Waals surface area contributed by atoms with Crippen LogP contribution in [-0.2, 0) is 32.9 Å². The number of aryl methyl sites for hydroxylation is 1. The molecule has 0 aromatic heterocycles. The highest BCUT2D eigenvalue weighted by Gasteiger charge is 2.50. The van der Waals surface area contributed by atoms with Gasteiger partial charge in [0.25, 0.3) is 18.4 Å². The molecule has 4 rings (SSSR count). The van der Waals surface area contributed by atoms with Crippen molar-refractivity contribution in [2.45, 2.75) is 101 Å². The molecule has 8 nitrogen and oxygen atoms in total. The molecule has 1 fully saturated rings. The second kappa shape index (κ2) is 18.3. The van der Waals surface area contributed by atoms with Crippen LogP contribution in [0.5, 0.6) is 0 Å². The lowest BCUT2D eigenvalue weighted by molar-refractivity contribution is -0.190. The van der Waals surface area contributed by atoms with E-state index in [0.29, 0.717) is 32.2 Å². The summed E-state index contributed by atoms with van der Waals surface area (Å²) in [5.74, 6) is -0.549. The van der Waals surface area contributed by atoms with E-state index in [1.54, 1.807) is 23.9 Å². The zero-order valence-electron chi connectivity index (χ0n) is 31.4. The molecular formula is C40H58O8S2Si. The summed E-state index contributed by atoms with van der Waals surface area (Å²) >= 11 is 1.56. The summed E-state index contributed by atoms with van der Waals surface area (Å²) in [7, 11) is -6.65. The number of thioether (sulfide) groups is 1. The number of benzene rings is 3. The highest BCUT2D eigenvalue weighted by molar-refractivity contribution is 7.98. The van der Waals surface area contributed by atoms with Crippen LogP contribution in [0.15, 0.2) is 89.8 Å². The Labute approximate surface area is 311 Å². The minimum atomic E-state index is -4.01. The van der Waals surface area contributed by atoms with Crippen molar-refractivity contribution >= 4 is 40.6 Å². The van der Waals surface area contributed by atoms with Gasteiger partial charge in [-0.1, -0.05) is 112 Å². The van der Waals surface area contributed by atoms with E-state index in [2.05, 4.69) is 88.4 Å². The molecule has 3 unspecified atom stereocenters. The molecule has 282 valence electrons. The van der Waals surface area contributed by atoms with Gasteiger partial charge in [0.15, 0.2) is 5.79 Å². The van der Waals surface area contributed by atoms with Crippen LogP contribution in [0.4, 0.5) is 0 Å². The van der Waals surface area contributed by atoms with E-state index in [1.807, 2.05) is 20.1 Å². The molecule has 0 bridgehead atoms. The zero-order valence-corrected chi connectivity index (χ0v) is 34.1. The standard InChI is InChI=1S/C40H58O8S2Si/c1-32-20-22-34(23-21-32)50(42,43)47-30-40(44-27-28-45-40)26-24-37(41)39(6,46-31-49-7)25-14-15-33(2)29-48-51(38(3,4)5,35-16-10-8-11-17-35)36-18-12-9-13-19-36/h8-13,16-23,33,37,41H,14-15,24-31H2,1-7H3. The van der Waals surface area contributed by atoms with Crippen molar-refractivity contribution in [3.8, 4) is 0 Å². The van der Waals surface area contributed by atoms with Gasteiger partial charge in [-0.25, -0.2) is 0 Å². The smallest absolute Gasteiger partial charge is 0.297 e. The average Bonchev–Trinajstić information content (AvgIpc) is 3.59. The second-order valence-corrected chi connectivity index (χ2v) is 21.8. The number of ether oxygens (including phenoxy) is 3. The molecule has 3 aromatic carbocycles. The number of rotatable bonds is 20. The summed E-state index contributed by atoms with van der Waals surface area (Å²) in [5, 5.41) is 14.0. The predicted molar refractivity (Wildman–Crippen MR) is 209 cm³/mol. The quantitative estimate of drug-likeness (QED) is 0.0738. The predicted octanol–water partition coefficient (Wildman–Crippen LogP) is 7.06. The summed E-state index contributed by atoms with van der Waals surface area (Å²) in [6.07, 6.45) is 4.05. The number of hydrogen-bond donors (Lipinski definition) is 1. The largest absolute Gasteiger partial charge is 0.407 e. The van der Waals surface area contributed by atoms with E-state index in [-0.39, 0.29) is 35.3 Å². The molecule has 1 aliphatic rings. The maximum atomic E-state index is 12.9. The normalized spacial score (nSPS) is 17.6. The highest BCUT2D eigenvalue weighted by atomic mass is 32.2. The van der Waals surface area contributed by atoms with Gasteiger partial charge in [-0.2, -0.15) is 8.42 Å². The van der Waals surface area contributed by atoms with Crippen molar-refractivity contribution < 1.29 is 36.3 Å². The molecule has 1 heterocycles. The Morgan fingerprint density at radius 2 is 1.47 bits per heavy atom. The fourth-order valence-corrected chi connectivity index (χ4v) is 12.9. The van der Waals surface area contributed by atoms with Gasteiger partial charge < -0.3 is 23.7 Å². The van der Waals surface area contributed by atoms with Crippen LogP contribution >= 0.6 is 11.8 Å². The molecule has 0 amide bonds. The van der Waals surface area contributed by atoms with Gasteiger partial charge in [0, 0.05) is 13.0 Å². The third-order valence-corrected chi connectivity index (χ3v) is 16.6. The van der Waals surface area contributed by atoms with E-state index in [0.717, 1.165) is 18.4 Å². The van der Waals surface area contributed by atoms with Crippen LogP contribution in [0.25, 0.3) is 0 Å². The van der Waals surface area contributed by atoms with Gasteiger partial charge in [-0.15, -0.1) is 11.8 Å². The van der Waals surface area contributed by atoms with Gasteiger partial charge in [-0.05, 0) is 72.8 Å². The number of hydrogen-bond acceptors (Lipinski definition) is 9. The van der Waals surface area contributed by atoms with E-state index >= 15 is 0 Å². The van der Waals surface area contributed by atoms with Crippen LogP contribution in [-0.4, -0.2) is 78.0 Å². The van der Waals surface area contributed by atoms with Crippen molar-refractivity contribution in [3.63, 3.8) is 0 Å². The highest BCUT2D eigenvalue weighted by Crippen LogP contribution is 2.38. The second-order valence-electron chi connectivity index (χ2n) is 15.0. The lowest BCUT2D eigenvalue weighted by Crippen LogP contribution is -2.66. The molecule has 0 radical (unpaired) electrons. The third kappa shape index (κ3) is 10.8. The first kappa shape index (κ1) is 41.7. The van der Waals surface area contributed by atoms with E-state index < -0.39 is 35.9 Å². The summed E-state index contributed by atoms with van der Waals surface area (Å²) < 4.78 is 56.6. The third-order valence-electron chi connectivity index (χ3n) is 9.94. The molecule has 51 heavy (non-hydrogen) atoms. The Morgan fingerprint density at radius 3 is 2.00 bits per heavy atom. The summed E-state index contributed by atoms with van der Waals surface area (Å²) in [4.78, 5) is 0.0746. The lowest BCUT2D eigenvalue weighted by atomic mass is 9.87.